The summed E-state index contributed by atoms with van der Waals surface area (Å²) in [5.74, 6) is -0.181. The number of amides is 1. The monoisotopic (exact) mass is 471 g/mol. The molecule has 2 aromatic carbocycles. The molecule has 0 N–H and O–H groups in total. The summed E-state index contributed by atoms with van der Waals surface area (Å²) in [5, 5.41) is 1.56. The minimum Gasteiger partial charge on any atom is -0.309 e. The van der Waals surface area contributed by atoms with Crippen molar-refractivity contribution in [2.45, 2.75) is 20.3 Å². The number of anilines is 1. The van der Waals surface area contributed by atoms with E-state index in [2.05, 4.69) is 30.9 Å². The van der Waals surface area contributed by atoms with Gasteiger partial charge in [-0.3, -0.25) is 9.69 Å². The predicted octanol–water partition coefficient (Wildman–Crippen LogP) is 6.24. The third-order valence-corrected chi connectivity index (χ3v) is 6.30. The van der Waals surface area contributed by atoms with Crippen LogP contribution < -0.4 is 4.90 Å². The molecule has 1 amide bonds. The maximum absolute atomic E-state index is 13.4. The second-order valence-corrected chi connectivity index (χ2v) is 8.94. The largest absolute Gasteiger partial charge is 0.309 e. The van der Waals surface area contributed by atoms with Crippen molar-refractivity contribution >= 4 is 68.2 Å². The number of nitrogens with zero attached hydrogens (tertiary/aromatic N) is 3. The highest BCUT2D eigenvalue weighted by molar-refractivity contribution is 7.22. The first-order valence-electron chi connectivity index (χ1n) is 9.06. The first kappa shape index (κ1) is 23.9. The molecule has 8 heteroatoms. The normalized spacial score (nSPS) is 11.0. The van der Waals surface area contributed by atoms with Crippen LogP contribution in [0.4, 0.5) is 5.13 Å². The summed E-state index contributed by atoms with van der Waals surface area (Å²) in [5.41, 5.74) is 3.67. The Morgan fingerprint density at radius 3 is 2.52 bits per heavy atom. The molecule has 0 bridgehead atoms. The Bertz CT molecular complexity index is 1020. The lowest BCUT2D eigenvalue weighted by atomic mass is 10.1. The van der Waals surface area contributed by atoms with Crippen molar-refractivity contribution in [1.29, 1.82) is 0 Å². The molecule has 156 valence electrons. The number of halogens is 3. The van der Waals surface area contributed by atoms with Gasteiger partial charge in [0.25, 0.3) is 5.91 Å². The molecule has 1 heterocycles. The Labute approximate surface area is 191 Å². The Morgan fingerprint density at radius 1 is 1.10 bits per heavy atom. The van der Waals surface area contributed by atoms with Crippen LogP contribution in [0, 0.1) is 13.8 Å². The Kier molecular flexibility index (Phi) is 8.32. The summed E-state index contributed by atoms with van der Waals surface area (Å²) in [7, 11) is 4.04. The van der Waals surface area contributed by atoms with Gasteiger partial charge in [0.05, 0.1) is 20.8 Å². The number of fused-ring (bicyclic) bond motifs is 1. The smallest absolute Gasteiger partial charge is 0.261 e. The second kappa shape index (κ2) is 10.1. The third-order valence-electron chi connectivity index (χ3n) is 4.70. The summed E-state index contributed by atoms with van der Waals surface area (Å²) in [6.07, 6.45) is 0.824. The summed E-state index contributed by atoms with van der Waals surface area (Å²) in [4.78, 5) is 22.0. The molecule has 0 spiro atoms. The highest BCUT2D eigenvalue weighted by atomic mass is 35.5. The number of aromatic nitrogens is 1. The number of aryl methyl sites for hydroxylation is 2. The summed E-state index contributed by atoms with van der Waals surface area (Å²) >= 11 is 13.9. The zero-order chi connectivity index (χ0) is 20.4. The molecular formula is C21H24Cl3N3OS. The predicted molar refractivity (Wildman–Crippen MR) is 128 cm³/mol. The lowest BCUT2D eigenvalue weighted by molar-refractivity contribution is 0.0986. The van der Waals surface area contributed by atoms with Crippen LogP contribution in [0.1, 0.15) is 27.9 Å². The van der Waals surface area contributed by atoms with Gasteiger partial charge in [0, 0.05) is 11.6 Å². The van der Waals surface area contributed by atoms with Crippen molar-refractivity contribution in [3.8, 4) is 0 Å². The quantitative estimate of drug-likeness (QED) is 0.426. The van der Waals surface area contributed by atoms with Gasteiger partial charge in [0.15, 0.2) is 5.13 Å². The number of carbonyl (C=O) groups excluding carboxylic acids is 1. The van der Waals surface area contributed by atoms with E-state index in [-0.39, 0.29) is 18.3 Å². The van der Waals surface area contributed by atoms with Crippen LogP contribution >= 0.6 is 46.9 Å². The Hall–Kier alpha value is -1.37. The summed E-state index contributed by atoms with van der Waals surface area (Å²) in [6.45, 7) is 5.56. The van der Waals surface area contributed by atoms with Crippen LogP contribution in [0.5, 0.6) is 0 Å². The van der Waals surface area contributed by atoms with Crippen molar-refractivity contribution in [2.24, 2.45) is 0 Å². The van der Waals surface area contributed by atoms with E-state index >= 15 is 0 Å². The molecule has 0 fully saturated rings. The zero-order valence-electron chi connectivity index (χ0n) is 16.8. The zero-order valence-corrected chi connectivity index (χ0v) is 20.0. The number of hydrogen-bond acceptors (Lipinski definition) is 4. The third kappa shape index (κ3) is 5.41. The van der Waals surface area contributed by atoms with E-state index in [0.717, 1.165) is 28.7 Å². The van der Waals surface area contributed by atoms with Crippen molar-refractivity contribution < 1.29 is 4.79 Å². The molecule has 0 unspecified atom stereocenters. The number of benzene rings is 2. The van der Waals surface area contributed by atoms with E-state index < -0.39 is 0 Å². The van der Waals surface area contributed by atoms with Crippen molar-refractivity contribution in [2.75, 3.05) is 32.1 Å². The van der Waals surface area contributed by atoms with Gasteiger partial charge >= 0.3 is 0 Å². The van der Waals surface area contributed by atoms with Gasteiger partial charge in [-0.1, -0.05) is 40.6 Å². The minimum absolute atomic E-state index is 0. The van der Waals surface area contributed by atoms with Gasteiger partial charge in [-0.25, -0.2) is 4.98 Å². The van der Waals surface area contributed by atoms with E-state index in [1.54, 1.807) is 23.1 Å². The highest BCUT2D eigenvalue weighted by Gasteiger charge is 2.24. The molecule has 4 nitrogen and oxygen atoms in total. The van der Waals surface area contributed by atoms with E-state index in [1.807, 2.05) is 14.1 Å². The van der Waals surface area contributed by atoms with Crippen LogP contribution in [0.25, 0.3) is 10.2 Å². The SMILES string of the molecule is Cc1ccc2sc(N(CCCN(C)C)C(=O)c3cc(Cl)ccc3Cl)nc2c1C.Cl. The highest BCUT2D eigenvalue weighted by Crippen LogP contribution is 2.33. The fourth-order valence-electron chi connectivity index (χ4n) is 2.97. The van der Waals surface area contributed by atoms with Gasteiger partial charge in [-0.15, -0.1) is 12.4 Å². The van der Waals surface area contributed by atoms with E-state index in [1.165, 1.54) is 16.9 Å². The van der Waals surface area contributed by atoms with E-state index in [0.29, 0.717) is 27.3 Å². The Morgan fingerprint density at radius 2 is 1.83 bits per heavy atom. The fourth-order valence-corrected chi connectivity index (χ4v) is 4.39. The molecule has 0 saturated heterocycles. The fraction of sp³-hybridized carbons (Fsp3) is 0.333. The average molecular weight is 473 g/mol. The van der Waals surface area contributed by atoms with Gasteiger partial charge in [0.1, 0.15) is 0 Å². The van der Waals surface area contributed by atoms with Crippen molar-refractivity contribution in [3.63, 3.8) is 0 Å². The standard InChI is InChI=1S/C21H23Cl2N3OS.ClH/c1-13-6-9-18-19(14(13)2)24-21(28-18)26(11-5-10-25(3)4)20(27)16-12-15(22)7-8-17(16)23;/h6-9,12H,5,10-11H2,1-4H3;1H. The number of hydrogen-bond donors (Lipinski definition) is 0. The molecule has 3 rings (SSSR count). The maximum atomic E-state index is 13.4. The lowest BCUT2D eigenvalue weighted by Crippen LogP contribution is -2.33. The first-order valence-corrected chi connectivity index (χ1v) is 10.6. The molecule has 0 aliphatic heterocycles. The summed E-state index contributed by atoms with van der Waals surface area (Å²) < 4.78 is 1.07. The lowest BCUT2D eigenvalue weighted by Gasteiger charge is -2.21. The van der Waals surface area contributed by atoms with Crippen LogP contribution in [-0.2, 0) is 0 Å². The average Bonchev–Trinajstić information content (AvgIpc) is 3.08. The van der Waals surface area contributed by atoms with Gasteiger partial charge in [-0.2, -0.15) is 0 Å². The molecule has 0 radical (unpaired) electrons. The van der Waals surface area contributed by atoms with E-state index in [4.69, 9.17) is 28.2 Å². The van der Waals surface area contributed by atoms with Crippen LogP contribution in [0.3, 0.4) is 0 Å². The van der Waals surface area contributed by atoms with Gasteiger partial charge in [-0.05, 0) is 76.3 Å². The van der Waals surface area contributed by atoms with Gasteiger partial charge < -0.3 is 4.90 Å². The Balaban J connectivity index is 0.00000300. The summed E-state index contributed by atoms with van der Waals surface area (Å²) in [6, 6.07) is 9.11. The molecule has 0 atom stereocenters. The second-order valence-electron chi connectivity index (χ2n) is 7.09. The molecule has 29 heavy (non-hydrogen) atoms. The molecule has 3 aromatic rings. The number of thiazole rings is 1. The van der Waals surface area contributed by atoms with Crippen LogP contribution in [0.15, 0.2) is 30.3 Å². The molecule has 0 aliphatic carbocycles. The van der Waals surface area contributed by atoms with Crippen LogP contribution in [0.2, 0.25) is 10.0 Å². The maximum Gasteiger partial charge on any atom is 0.261 e. The van der Waals surface area contributed by atoms with Crippen LogP contribution in [-0.4, -0.2) is 43.0 Å². The number of carbonyl (C=O) groups is 1. The minimum atomic E-state index is -0.181. The van der Waals surface area contributed by atoms with Gasteiger partial charge in [0.2, 0.25) is 0 Å². The molecular weight excluding hydrogens is 449 g/mol. The molecule has 0 aliphatic rings. The topological polar surface area (TPSA) is 36.4 Å². The number of rotatable bonds is 6. The molecule has 0 saturated carbocycles. The van der Waals surface area contributed by atoms with Crippen molar-refractivity contribution in [3.05, 3.63) is 57.1 Å². The first-order chi connectivity index (χ1) is 13.3. The van der Waals surface area contributed by atoms with E-state index in [9.17, 15) is 4.79 Å². The van der Waals surface area contributed by atoms with Crippen molar-refractivity contribution in [1.82, 2.24) is 9.88 Å². The molecule has 1 aromatic heterocycles.